The van der Waals surface area contributed by atoms with E-state index in [1.165, 1.54) is 28.6 Å². The Morgan fingerprint density at radius 1 is 1.27 bits per heavy atom. The maximum atomic E-state index is 13.2. The van der Waals surface area contributed by atoms with Crippen molar-refractivity contribution in [2.45, 2.75) is 11.8 Å². The number of hydroxylamine groups is 1. The number of para-hydroxylation sites is 1. The number of carbonyl (C=O) groups is 1. The fourth-order valence-corrected chi connectivity index (χ4v) is 4.15. The summed E-state index contributed by atoms with van der Waals surface area (Å²) in [6.07, 6.45) is 1.48. The van der Waals surface area contributed by atoms with E-state index in [9.17, 15) is 13.2 Å². The van der Waals surface area contributed by atoms with Gasteiger partial charge >= 0.3 is 0 Å². The first-order chi connectivity index (χ1) is 12.4. The van der Waals surface area contributed by atoms with Crippen LogP contribution < -0.4 is 9.79 Å². The molecule has 0 unspecified atom stereocenters. The van der Waals surface area contributed by atoms with E-state index in [-0.39, 0.29) is 28.6 Å². The standard InChI is InChI=1S/C18H19ClN2O4S/c1-3-12-21(15-8-6-5-7-9-15)26(23,24)17-13-14(10-11-16(17)19)18(22)20-25-4-2/h3,5-11,13H,1,4,12H2,2H3,(H,20,22). The van der Waals surface area contributed by atoms with Gasteiger partial charge in [0.05, 0.1) is 23.9 Å². The molecule has 2 aromatic carbocycles. The molecule has 0 fully saturated rings. The molecule has 6 nitrogen and oxygen atoms in total. The van der Waals surface area contributed by atoms with Crippen molar-refractivity contribution < 1.29 is 18.0 Å². The number of anilines is 1. The van der Waals surface area contributed by atoms with Crippen molar-refractivity contribution in [2.24, 2.45) is 0 Å². The lowest BCUT2D eigenvalue weighted by molar-refractivity contribution is 0.0364. The van der Waals surface area contributed by atoms with Gasteiger partial charge in [0.15, 0.2) is 0 Å². The molecular weight excluding hydrogens is 376 g/mol. The lowest BCUT2D eigenvalue weighted by atomic mass is 10.2. The van der Waals surface area contributed by atoms with Crippen LogP contribution in [0.15, 0.2) is 66.1 Å². The maximum absolute atomic E-state index is 13.2. The summed E-state index contributed by atoms with van der Waals surface area (Å²) in [5.74, 6) is -0.560. The Balaban J connectivity index is 2.49. The smallest absolute Gasteiger partial charge is 0.274 e. The summed E-state index contributed by atoms with van der Waals surface area (Å²) in [5.41, 5.74) is 2.81. The lowest BCUT2D eigenvalue weighted by Crippen LogP contribution is -2.32. The van der Waals surface area contributed by atoms with Crippen LogP contribution in [-0.4, -0.2) is 27.5 Å². The fourth-order valence-electron chi connectivity index (χ4n) is 2.21. The third-order valence-electron chi connectivity index (χ3n) is 3.41. The van der Waals surface area contributed by atoms with Crippen molar-refractivity contribution in [3.05, 3.63) is 71.8 Å². The Morgan fingerprint density at radius 2 is 1.96 bits per heavy atom. The highest BCUT2D eigenvalue weighted by molar-refractivity contribution is 7.93. The number of nitrogens with zero attached hydrogens (tertiary/aromatic N) is 1. The van der Waals surface area contributed by atoms with Gasteiger partial charge in [-0.1, -0.05) is 35.9 Å². The van der Waals surface area contributed by atoms with E-state index in [0.717, 1.165) is 0 Å². The largest absolute Gasteiger partial charge is 0.274 e. The molecule has 2 aromatic rings. The highest BCUT2D eigenvalue weighted by atomic mass is 35.5. The minimum absolute atomic E-state index is 0.0166. The van der Waals surface area contributed by atoms with Gasteiger partial charge in [0.2, 0.25) is 0 Å². The molecule has 0 aromatic heterocycles. The molecule has 138 valence electrons. The molecule has 26 heavy (non-hydrogen) atoms. The third kappa shape index (κ3) is 4.43. The number of benzene rings is 2. The van der Waals surface area contributed by atoms with Gasteiger partial charge in [0.1, 0.15) is 4.90 Å². The SMILES string of the molecule is C=CCN(c1ccccc1)S(=O)(=O)c1cc(C(=O)NOCC)ccc1Cl. The molecule has 0 radical (unpaired) electrons. The average Bonchev–Trinajstić information content (AvgIpc) is 2.64. The number of sulfonamides is 1. The highest BCUT2D eigenvalue weighted by Gasteiger charge is 2.27. The Bertz CT molecular complexity index is 885. The van der Waals surface area contributed by atoms with Crippen LogP contribution in [0, 0.1) is 0 Å². The third-order valence-corrected chi connectivity index (χ3v) is 5.69. The number of carbonyl (C=O) groups excluding carboxylic acids is 1. The zero-order valence-electron chi connectivity index (χ0n) is 14.2. The average molecular weight is 395 g/mol. The summed E-state index contributed by atoms with van der Waals surface area (Å²) >= 11 is 6.13. The van der Waals surface area contributed by atoms with E-state index >= 15 is 0 Å². The second-order valence-electron chi connectivity index (χ2n) is 5.17. The second kappa shape index (κ2) is 8.84. The van der Waals surface area contributed by atoms with Crippen LogP contribution in [0.5, 0.6) is 0 Å². The van der Waals surface area contributed by atoms with Gasteiger partial charge < -0.3 is 0 Å². The second-order valence-corrected chi connectivity index (χ2v) is 7.41. The van der Waals surface area contributed by atoms with Crippen LogP contribution in [0.4, 0.5) is 5.69 Å². The summed E-state index contributed by atoms with van der Waals surface area (Å²) in [6, 6.07) is 12.6. The number of nitrogens with one attached hydrogen (secondary N) is 1. The number of amides is 1. The Morgan fingerprint density at radius 3 is 2.58 bits per heavy atom. The predicted octanol–water partition coefficient (Wildman–Crippen LogP) is 3.40. The van der Waals surface area contributed by atoms with Crippen molar-refractivity contribution in [3.63, 3.8) is 0 Å². The first kappa shape index (κ1) is 20.0. The van der Waals surface area contributed by atoms with E-state index in [0.29, 0.717) is 5.69 Å². The summed E-state index contributed by atoms with van der Waals surface area (Å²) in [6.45, 7) is 5.67. The number of rotatable bonds is 8. The molecule has 0 atom stereocenters. The van der Waals surface area contributed by atoms with Crippen molar-refractivity contribution in [1.82, 2.24) is 5.48 Å². The molecule has 0 bridgehead atoms. The van der Waals surface area contributed by atoms with Gasteiger partial charge in [-0.25, -0.2) is 13.9 Å². The molecule has 1 N–H and O–H groups in total. The molecule has 0 aliphatic rings. The summed E-state index contributed by atoms with van der Waals surface area (Å²) < 4.78 is 27.5. The zero-order chi connectivity index (χ0) is 19.2. The van der Waals surface area contributed by atoms with Crippen LogP contribution in [-0.2, 0) is 14.9 Å². The van der Waals surface area contributed by atoms with Crippen LogP contribution >= 0.6 is 11.6 Å². The minimum Gasteiger partial charge on any atom is -0.274 e. The van der Waals surface area contributed by atoms with Crippen molar-refractivity contribution in [2.75, 3.05) is 17.5 Å². The first-order valence-electron chi connectivity index (χ1n) is 7.82. The van der Waals surface area contributed by atoms with Crippen LogP contribution in [0.25, 0.3) is 0 Å². The molecule has 0 heterocycles. The molecule has 0 aliphatic heterocycles. The van der Waals surface area contributed by atoms with Crippen LogP contribution in [0.1, 0.15) is 17.3 Å². The maximum Gasteiger partial charge on any atom is 0.274 e. The minimum atomic E-state index is -4.01. The monoisotopic (exact) mass is 394 g/mol. The summed E-state index contributed by atoms with van der Waals surface area (Å²) in [4.78, 5) is 16.7. The fraction of sp³-hybridized carbons (Fsp3) is 0.167. The van der Waals surface area contributed by atoms with E-state index < -0.39 is 15.9 Å². The molecule has 2 rings (SSSR count). The quantitative estimate of drug-likeness (QED) is 0.550. The molecule has 0 aliphatic carbocycles. The van der Waals surface area contributed by atoms with Crippen molar-refractivity contribution in [3.8, 4) is 0 Å². The number of hydrogen-bond acceptors (Lipinski definition) is 4. The number of halogens is 1. The molecule has 0 saturated carbocycles. The molecule has 0 saturated heterocycles. The number of hydrogen-bond donors (Lipinski definition) is 1. The Labute approximate surface area is 158 Å². The molecule has 0 spiro atoms. The molecule has 8 heteroatoms. The molecular formula is C18H19ClN2O4S. The lowest BCUT2D eigenvalue weighted by Gasteiger charge is -2.24. The van der Waals surface area contributed by atoms with Crippen LogP contribution in [0.3, 0.4) is 0 Å². The van der Waals surface area contributed by atoms with Gasteiger partial charge in [-0.15, -0.1) is 6.58 Å². The Hall–Kier alpha value is -2.35. The zero-order valence-corrected chi connectivity index (χ0v) is 15.8. The van der Waals surface area contributed by atoms with Gasteiger partial charge in [0, 0.05) is 5.56 Å². The van der Waals surface area contributed by atoms with Crippen molar-refractivity contribution >= 4 is 33.2 Å². The topological polar surface area (TPSA) is 75.7 Å². The van der Waals surface area contributed by atoms with Gasteiger partial charge in [0.25, 0.3) is 15.9 Å². The van der Waals surface area contributed by atoms with Crippen molar-refractivity contribution in [1.29, 1.82) is 0 Å². The van der Waals surface area contributed by atoms with E-state index in [4.69, 9.17) is 16.4 Å². The van der Waals surface area contributed by atoms with Gasteiger partial charge in [-0.2, -0.15) is 0 Å². The van der Waals surface area contributed by atoms with E-state index in [1.54, 1.807) is 37.3 Å². The summed E-state index contributed by atoms with van der Waals surface area (Å²) in [7, 11) is -4.01. The van der Waals surface area contributed by atoms with E-state index in [2.05, 4.69) is 12.1 Å². The molecule has 1 amide bonds. The predicted molar refractivity (Wildman–Crippen MR) is 102 cm³/mol. The first-order valence-corrected chi connectivity index (χ1v) is 9.64. The highest BCUT2D eigenvalue weighted by Crippen LogP contribution is 2.29. The Kier molecular flexibility index (Phi) is 6.79. The van der Waals surface area contributed by atoms with Gasteiger partial charge in [-0.05, 0) is 37.3 Å². The van der Waals surface area contributed by atoms with Gasteiger partial charge in [-0.3, -0.25) is 13.9 Å². The van der Waals surface area contributed by atoms with Crippen LogP contribution in [0.2, 0.25) is 5.02 Å². The van der Waals surface area contributed by atoms with E-state index in [1.807, 2.05) is 0 Å². The summed E-state index contributed by atoms with van der Waals surface area (Å²) in [5, 5.41) is 0.0166. The normalized spacial score (nSPS) is 11.0.